The molecule has 0 fully saturated rings. The summed E-state index contributed by atoms with van der Waals surface area (Å²) in [4.78, 5) is 19.3. The molecule has 2 N–H and O–H groups in total. The van der Waals surface area contributed by atoms with Crippen LogP contribution in [0.5, 0.6) is 0 Å². The zero-order chi connectivity index (χ0) is 15.5. The molecule has 1 aromatic rings. The summed E-state index contributed by atoms with van der Waals surface area (Å²) in [6.45, 7) is 10.6. The Kier molecular flexibility index (Phi) is 5.28. The third-order valence-corrected chi connectivity index (χ3v) is 3.24. The molecule has 0 saturated carbocycles. The van der Waals surface area contributed by atoms with E-state index in [0.29, 0.717) is 23.8 Å². The molecule has 1 heterocycles. The molecule has 20 heavy (non-hydrogen) atoms. The lowest BCUT2D eigenvalue weighted by Crippen LogP contribution is -2.42. The molecule has 0 aliphatic heterocycles. The Morgan fingerprint density at radius 3 is 2.55 bits per heavy atom. The first-order valence-electron chi connectivity index (χ1n) is 6.77. The molecule has 1 rings (SSSR count). The number of rotatable bonds is 5. The summed E-state index contributed by atoms with van der Waals surface area (Å²) in [7, 11) is 0. The molecule has 112 valence electrons. The minimum Gasteiger partial charge on any atom is -0.393 e. The predicted octanol–water partition coefficient (Wildman–Crippen LogP) is 1.89. The van der Waals surface area contributed by atoms with Gasteiger partial charge in [-0.15, -0.1) is 0 Å². The van der Waals surface area contributed by atoms with Gasteiger partial charge < -0.3 is 15.2 Å². The van der Waals surface area contributed by atoms with Crippen LogP contribution < -0.4 is 16.2 Å². The zero-order valence-corrected chi connectivity index (χ0v) is 13.7. The Balaban J connectivity index is 3.22. The van der Waals surface area contributed by atoms with E-state index in [0.717, 1.165) is 0 Å². The van der Waals surface area contributed by atoms with Crippen LogP contribution in [-0.4, -0.2) is 27.1 Å². The second-order valence-corrected chi connectivity index (χ2v) is 6.62. The first-order chi connectivity index (χ1) is 9.14. The zero-order valence-electron chi connectivity index (χ0n) is 12.9. The van der Waals surface area contributed by atoms with E-state index in [1.807, 2.05) is 39.5 Å². The maximum Gasteiger partial charge on any atom is 0.293 e. The second kappa shape index (κ2) is 6.35. The lowest BCUT2D eigenvalue weighted by atomic mass is 10.1. The highest BCUT2D eigenvalue weighted by molar-refractivity contribution is 7.80. The highest BCUT2D eigenvalue weighted by atomic mass is 32.1. The number of hydrogen-bond acceptors (Lipinski definition) is 4. The first kappa shape index (κ1) is 16.6. The highest BCUT2D eigenvalue weighted by Gasteiger charge is 2.21. The van der Waals surface area contributed by atoms with Crippen molar-refractivity contribution in [2.45, 2.75) is 52.6 Å². The van der Waals surface area contributed by atoms with Crippen LogP contribution in [0.1, 0.15) is 41.0 Å². The van der Waals surface area contributed by atoms with Crippen molar-refractivity contribution in [2.75, 3.05) is 11.4 Å². The Labute approximate surface area is 125 Å². The molecule has 0 aliphatic rings. The van der Waals surface area contributed by atoms with Gasteiger partial charge in [-0.05, 0) is 34.6 Å². The third-order valence-electron chi connectivity index (χ3n) is 3.04. The lowest BCUT2D eigenvalue weighted by Gasteiger charge is -2.29. The molecular weight excluding hydrogens is 272 g/mol. The van der Waals surface area contributed by atoms with Gasteiger partial charge in [-0.3, -0.25) is 4.79 Å². The molecule has 0 radical (unpaired) electrons. The fourth-order valence-corrected chi connectivity index (χ4v) is 2.06. The van der Waals surface area contributed by atoms with Crippen LogP contribution in [0.4, 0.5) is 5.82 Å². The summed E-state index contributed by atoms with van der Waals surface area (Å²) >= 11 is 4.92. The van der Waals surface area contributed by atoms with Gasteiger partial charge in [-0.2, -0.15) is 0 Å². The van der Waals surface area contributed by atoms with Gasteiger partial charge in [0.25, 0.3) is 5.56 Å². The maximum absolute atomic E-state index is 12.6. The molecule has 0 saturated heterocycles. The van der Waals surface area contributed by atoms with Crippen molar-refractivity contribution in [3.8, 4) is 0 Å². The number of nitrogens with zero attached hydrogens (tertiary/aromatic N) is 3. The number of anilines is 1. The summed E-state index contributed by atoms with van der Waals surface area (Å²) < 4.78 is 1.70. The normalized spacial score (nSPS) is 11.7. The Morgan fingerprint density at radius 2 is 2.10 bits per heavy atom. The van der Waals surface area contributed by atoms with Crippen molar-refractivity contribution >= 4 is 23.0 Å². The van der Waals surface area contributed by atoms with Gasteiger partial charge in [-0.25, -0.2) is 4.98 Å². The van der Waals surface area contributed by atoms with Gasteiger partial charge in [0.2, 0.25) is 0 Å². The van der Waals surface area contributed by atoms with E-state index in [-0.39, 0.29) is 17.1 Å². The largest absolute Gasteiger partial charge is 0.393 e. The molecule has 0 spiro atoms. The number of hydrogen-bond donors (Lipinski definition) is 1. The van der Waals surface area contributed by atoms with E-state index in [2.05, 4.69) is 4.98 Å². The molecule has 0 amide bonds. The first-order valence-corrected chi connectivity index (χ1v) is 7.18. The molecule has 0 aliphatic carbocycles. The second-order valence-electron chi connectivity index (χ2n) is 6.10. The Hall–Kier alpha value is -1.43. The van der Waals surface area contributed by atoms with Gasteiger partial charge in [-0.1, -0.05) is 12.2 Å². The van der Waals surface area contributed by atoms with Gasteiger partial charge >= 0.3 is 0 Å². The van der Waals surface area contributed by atoms with Crippen LogP contribution >= 0.6 is 12.2 Å². The predicted molar refractivity (Wildman–Crippen MR) is 87.4 cm³/mol. The number of aromatic nitrogens is 2. The lowest BCUT2D eigenvalue weighted by molar-refractivity contribution is 0.382. The standard InChI is InChI=1S/C14H24N4OS/c1-10(2)17(8-6-11(15)20)12-13(19)18(9-7-16-12)14(3,4)5/h7,9-10H,6,8H2,1-5H3,(H2,15,20). The summed E-state index contributed by atoms with van der Waals surface area (Å²) in [6, 6.07) is 0.153. The van der Waals surface area contributed by atoms with Crippen LogP contribution in [0.25, 0.3) is 0 Å². The molecule has 0 aromatic carbocycles. The average molecular weight is 296 g/mol. The van der Waals surface area contributed by atoms with Crippen molar-refractivity contribution in [1.29, 1.82) is 0 Å². The fourth-order valence-electron chi connectivity index (χ4n) is 1.97. The van der Waals surface area contributed by atoms with Gasteiger partial charge in [0.15, 0.2) is 5.82 Å². The number of nitrogens with two attached hydrogens (primary N) is 1. The monoisotopic (exact) mass is 296 g/mol. The van der Waals surface area contributed by atoms with Crippen LogP contribution in [-0.2, 0) is 5.54 Å². The van der Waals surface area contributed by atoms with Crippen molar-refractivity contribution in [3.05, 3.63) is 22.7 Å². The average Bonchev–Trinajstić information content (AvgIpc) is 2.28. The molecule has 0 atom stereocenters. The van der Waals surface area contributed by atoms with Crippen LogP contribution in [0.2, 0.25) is 0 Å². The fraction of sp³-hybridized carbons (Fsp3) is 0.643. The smallest absolute Gasteiger partial charge is 0.293 e. The summed E-state index contributed by atoms with van der Waals surface area (Å²) in [5.74, 6) is 0.452. The van der Waals surface area contributed by atoms with Gasteiger partial charge in [0.05, 0.1) is 4.99 Å². The van der Waals surface area contributed by atoms with E-state index >= 15 is 0 Å². The molecule has 0 bridgehead atoms. The third kappa shape index (κ3) is 4.03. The highest BCUT2D eigenvalue weighted by Crippen LogP contribution is 2.14. The van der Waals surface area contributed by atoms with Crippen molar-refractivity contribution < 1.29 is 0 Å². The van der Waals surface area contributed by atoms with Gasteiger partial charge in [0.1, 0.15) is 0 Å². The van der Waals surface area contributed by atoms with E-state index in [9.17, 15) is 4.79 Å². The van der Waals surface area contributed by atoms with E-state index in [1.165, 1.54) is 0 Å². The van der Waals surface area contributed by atoms with Crippen molar-refractivity contribution in [3.63, 3.8) is 0 Å². The van der Waals surface area contributed by atoms with Crippen LogP contribution in [0.15, 0.2) is 17.2 Å². The maximum atomic E-state index is 12.6. The number of thiocarbonyl (C=S) groups is 1. The van der Waals surface area contributed by atoms with E-state index in [1.54, 1.807) is 17.0 Å². The molecule has 6 heteroatoms. The summed E-state index contributed by atoms with van der Waals surface area (Å²) in [5, 5.41) is 0. The quantitative estimate of drug-likeness (QED) is 0.841. The van der Waals surface area contributed by atoms with Crippen LogP contribution in [0.3, 0.4) is 0 Å². The van der Waals surface area contributed by atoms with E-state index < -0.39 is 0 Å². The van der Waals surface area contributed by atoms with Gasteiger partial charge in [0, 0.05) is 36.9 Å². The minimum absolute atomic E-state index is 0.0864. The van der Waals surface area contributed by atoms with Crippen molar-refractivity contribution in [1.82, 2.24) is 9.55 Å². The minimum atomic E-state index is -0.277. The Morgan fingerprint density at radius 1 is 1.50 bits per heavy atom. The SMILES string of the molecule is CC(C)N(CCC(N)=S)c1nccn(C(C)(C)C)c1=O. The molecule has 5 nitrogen and oxygen atoms in total. The summed E-state index contributed by atoms with van der Waals surface area (Å²) in [5.41, 5.74) is 5.19. The van der Waals surface area contributed by atoms with Crippen molar-refractivity contribution in [2.24, 2.45) is 5.73 Å². The summed E-state index contributed by atoms with van der Waals surface area (Å²) in [6.07, 6.45) is 3.95. The molecule has 0 unspecified atom stereocenters. The Bertz CT molecular complexity index is 531. The molecule has 1 aromatic heterocycles. The van der Waals surface area contributed by atoms with Crippen LogP contribution in [0, 0.1) is 0 Å². The molecular formula is C14H24N4OS. The topological polar surface area (TPSA) is 64.2 Å². The van der Waals surface area contributed by atoms with E-state index in [4.69, 9.17) is 18.0 Å².